The van der Waals surface area contributed by atoms with Crippen LogP contribution in [0.4, 0.5) is 0 Å². The zero-order valence-electron chi connectivity index (χ0n) is 15.8. The van der Waals surface area contributed by atoms with Crippen LogP contribution in [0.1, 0.15) is 11.1 Å². The lowest BCUT2D eigenvalue weighted by atomic mass is 9.97. The topological polar surface area (TPSA) is 75.3 Å². The van der Waals surface area contributed by atoms with E-state index >= 15 is 0 Å². The van der Waals surface area contributed by atoms with Crippen LogP contribution in [0.3, 0.4) is 0 Å². The van der Waals surface area contributed by atoms with E-state index in [2.05, 4.69) is 0 Å². The molecule has 0 fully saturated rings. The lowest BCUT2D eigenvalue weighted by molar-refractivity contribution is 0.0511. The fourth-order valence-electron chi connectivity index (χ4n) is 2.71. The van der Waals surface area contributed by atoms with Crippen LogP contribution < -0.4 is 9.47 Å². The quantitative estimate of drug-likeness (QED) is 0.398. The summed E-state index contributed by atoms with van der Waals surface area (Å²) in [6.07, 6.45) is 9.16. The van der Waals surface area contributed by atoms with E-state index in [0.717, 1.165) is 16.9 Å². The van der Waals surface area contributed by atoms with Gasteiger partial charge in [-0.3, -0.25) is 0 Å². The van der Waals surface area contributed by atoms with Crippen LogP contribution in [0.5, 0.6) is 11.5 Å². The molecular formula is C24H18N2O3. The minimum atomic E-state index is 0.0537. The molecule has 5 nitrogen and oxygen atoms in total. The van der Waals surface area contributed by atoms with Crippen molar-refractivity contribution >= 4 is 11.6 Å². The van der Waals surface area contributed by atoms with Gasteiger partial charge in [0.25, 0.3) is 0 Å². The van der Waals surface area contributed by atoms with E-state index in [1.165, 1.54) is 0 Å². The molecule has 2 aromatic carbocycles. The van der Waals surface area contributed by atoms with Crippen molar-refractivity contribution in [2.24, 2.45) is 0 Å². The van der Waals surface area contributed by atoms with E-state index in [1.54, 1.807) is 19.3 Å². The zero-order valence-corrected chi connectivity index (χ0v) is 15.8. The predicted octanol–water partition coefficient (Wildman–Crippen LogP) is 5.02. The van der Waals surface area contributed by atoms with Gasteiger partial charge in [-0.15, -0.1) is 0 Å². The highest BCUT2D eigenvalue weighted by molar-refractivity contribution is 5.86. The van der Waals surface area contributed by atoms with Crippen molar-refractivity contribution in [2.45, 2.75) is 0 Å². The van der Waals surface area contributed by atoms with Crippen LogP contribution >= 0.6 is 0 Å². The summed E-state index contributed by atoms with van der Waals surface area (Å²) < 4.78 is 16.1. The number of benzene rings is 2. The summed E-state index contributed by atoms with van der Waals surface area (Å²) in [7, 11) is 1.58. The molecule has 1 heterocycles. The highest BCUT2D eigenvalue weighted by Gasteiger charge is 2.18. The molecule has 0 bridgehead atoms. The first-order chi connectivity index (χ1) is 14.2. The zero-order chi connectivity index (χ0) is 20.5. The van der Waals surface area contributed by atoms with Gasteiger partial charge in [-0.05, 0) is 35.9 Å². The Morgan fingerprint density at radius 3 is 2.45 bits per heavy atom. The number of allylic oxidation sites excluding steroid dienone is 6. The summed E-state index contributed by atoms with van der Waals surface area (Å²) in [5.41, 5.74) is 2.36. The summed E-state index contributed by atoms with van der Waals surface area (Å²) in [5.74, 6) is 1.90. The minimum absolute atomic E-state index is 0.0537. The van der Waals surface area contributed by atoms with Crippen LogP contribution in [0.2, 0.25) is 0 Å². The molecule has 3 rings (SSSR count). The molecule has 0 atom stereocenters. The Labute approximate surface area is 169 Å². The molecule has 0 saturated carbocycles. The van der Waals surface area contributed by atoms with Gasteiger partial charge in [-0.1, -0.05) is 48.6 Å². The average molecular weight is 382 g/mol. The van der Waals surface area contributed by atoms with E-state index in [0.29, 0.717) is 17.1 Å². The monoisotopic (exact) mass is 382 g/mol. The Morgan fingerprint density at radius 1 is 1.00 bits per heavy atom. The third kappa shape index (κ3) is 5.01. The Hall–Kier alpha value is -4.06. The van der Waals surface area contributed by atoms with Gasteiger partial charge >= 0.3 is 0 Å². The van der Waals surface area contributed by atoms with Crippen LogP contribution in [-0.2, 0) is 4.74 Å². The SMILES string of the molecule is COCOc1ccc(/C=C/C=C/C2=CC(=C(C#N)C#N)c3ccccc3O2)cc1. The maximum absolute atomic E-state index is 9.25. The molecule has 0 saturated heterocycles. The maximum Gasteiger partial charge on any atom is 0.188 e. The third-order valence-corrected chi connectivity index (χ3v) is 4.07. The third-order valence-electron chi connectivity index (χ3n) is 4.07. The molecule has 1 aliphatic heterocycles. The van der Waals surface area contributed by atoms with E-state index in [1.807, 2.05) is 78.9 Å². The number of rotatable bonds is 6. The molecule has 29 heavy (non-hydrogen) atoms. The number of hydrogen-bond acceptors (Lipinski definition) is 5. The Balaban J connectivity index is 1.75. The summed E-state index contributed by atoms with van der Waals surface area (Å²) in [4.78, 5) is 0. The summed E-state index contributed by atoms with van der Waals surface area (Å²) in [5, 5.41) is 18.5. The van der Waals surface area contributed by atoms with Gasteiger partial charge in [0.15, 0.2) is 6.79 Å². The molecule has 0 aromatic heterocycles. The summed E-state index contributed by atoms with van der Waals surface area (Å²) >= 11 is 0. The number of methoxy groups -OCH3 is 1. The van der Waals surface area contributed by atoms with Crippen LogP contribution in [-0.4, -0.2) is 13.9 Å². The van der Waals surface area contributed by atoms with Gasteiger partial charge < -0.3 is 14.2 Å². The molecule has 0 unspecified atom stereocenters. The van der Waals surface area contributed by atoms with Gasteiger partial charge in [0.1, 0.15) is 35.0 Å². The molecule has 0 aliphatic carbocycles. The number of fused-ring (bicyclic) bond motifs is 1. The van der Waals surface area contributed by atoms with Gasteiger partial charge in [0, 0.05) is 18.2 Å². The van der Waals surface area contributed by atoms with Crippen molar-refractivity contribution in [1.82, 2.24) is 0 Å². The Kier molecular flexibility index (Phi) is 6.62. The molecule has 0 N–H and O–H groups in total. The number of hydrogen-bond donors (Lipinski definition) is 0. The van der Waals surface area contributed by atoms with E-state index < -0.39 is 0 Å². The molecule has 5 heteroatoms. The van der Waals surface area contributed by atoms with Crippen molar-refractivity contribution in [2.75, 3.05) is 13.9 Å². The lowest BCUT2D eigenvalue weighted by Gasteiger charge is -2.18. The fraction of sp³-hybridized carbons (Fsp3) is 0.0833. The van der Waals surface area contributed by atoms with Crippen molar-refractivity contribution < 1.29 is 14.2 Å². The maximum atomic E-state index is 9.25. The lowest BCUT2D eigenvalue weighted by Crippen LogP contribution is -2.03. The van der Waals surface area contributed by atoms with E-state index in [-0.39, 0.29) is 12.4 Å². The second-order valence-corrected chi connectivity index (χ2v) is 6.00. The molecule has 142 valence electrons. The van der Waals surface area contributed by atoms with E-state index in [9.17, 15) is 10.5 Å². The fourth-order valence-corrected chi connectivity index (χ4v) is 2.71. The summed E-state index contributed by atoms with van der Waals surface area (Å²) in [6.45, 7) is 0.214. The first-order valence-corrected chi connectivity index (χ1v) is 8.85. The standard InChI is InChI=1S/C24H18N2O3/c1-27-17-28-20-12-10-18(11-13-20)6-2-3-7-21-14-23(19(15-25)16-26)22-8-4-5-9-24(22)29-21/h2-14H,17H2,1H3/b6-2+,7-3+. The van der Waals surface area contributed by atoms with Crippen molar-refractivity contribution in [1.29, 1.82) is 10.5 Å². The van der Waals surface area contributed by atoms with Crippen LogP contribution in [0.15, 0.2) is 84.2 Å². The second-order valence-electron chi connectivity index (χ2n) is 6.00. The second kappa shape index (κ2) is 9.75. The van der Waals surface area contributed by atoms with Gasteiger partial charge in [-0.2, -0.15) is 10.5 Å². The molecule has 0 radical (unpaired) electrons. The highest BCUT2D eigenvalue weighted by Crippen LogP contribution is 2.35. The number of nitrogens with zero attached hydrogens (tertiary/aromatic N) is 2. The van der Waals surface area contributed by atoms with Gasteiger partial charge in [-0.25, -0.2) is 0 Å². The predicted molar refractivity (Wildman–Crippen MR) is 110 cm³/mol. The smallest absolute Gasteiger partial charge is 0.188 e. The van der Waals surface area contributed by atoms with Crippen molar-refractivity contribution in [3.8, 4) is 23.6 Å². The van der Waals surface area contributed by atoms with Gasteiger partial charge in [0.2, 0.25) is 0 Å². The highest BCUT2D eigenvalue weighted by atomic mass is 16.7. The molecular weight excluding hydrogens is 364 g/mol. The Bertz CT molecular complexity index is 1060. The normalized spacial score (nSPS) is 12.7. The van der Waals surface area contributed by atoms with Gasteiger partial charge in [0.05, 0.1) is 0 Å². The minimum Gasteiger partial charge on any atom is -0.468 e. The molecule has 0 amide bonds. The Morgan fingerprint density at radius 2 is 1.72 bits per heavy atom. The first kappa shape index (κ1) is 19.7. The average Bonchev–Trinajstić information content (AvgIpc) is 2.77. The summed E-state index contributed by atoms with van der Waals surface area (Å²) in [6, 6.07) is 18.9. The first-order valence-electron chi connectivity index (χ1n) is 8.85. The van der Waals surface area contributed by atoms with E-state index in [4.69, 9.17) is 14.2 Å². The molecule has 1 aliphatic rings. The van der Waals surface area contributed by atoms with Crippen LogP contribution in [0.25, 0.3) is 11.6 Å². The molecule has 2 aromatic rings. The molecule has 0 spiro atoms. The van der Waals surface area contributed by atoms with Crippen LogP contribution in [0, 0.1) is 22.7 Å². The van der Waals surface area contributed by atoms with Crippen molar-refractivity contribution in [3.63, 3.8) is 0 Å². The largest absolute Gasteiger partial charge is 0.468 e. The number of nitriles is 2. The number of ether oxygens (including phenoxy) is 3. The number of para-hydroxylation sites is 1. The van der Waals surface area contributed by atoms with Crippen molar-refractivity contribution in [3.05, 3.63) is 95.3 Å².